The fraction of sp³-hybridized carbons (Fsp3) is 0.250. The molecule has 0 aliphatic carbocycles. The molecule has 3 unspecified atom stereocenters. The quantitative estimate of drug-likeness (QED) is 0.0797. The van der Waals surface area contributed by atoms with E-state index in [9.17, 15) is 8.78 Å². The first-order chi connectivity index (χ1) is 19.4. The van der Waals surface area contributed by atoms with Crippen LogP contribution in [0.25, 0.3) is 0 Å². The van der Waals surface area contributed by atoms with E-state index in [1.165, 1.54) is 23.8 Å². The summed E-state index contributed by atoms with van der Waals surface area (Å²) in [5.41, 5.74) is 1.29. The number of unbranched alkanes of at least 4 members (excludes halogenated alkanes) is 1. The van der Waals surface area contributed by atoms with Crippen molar-refractivity contribution in [1.82, 2.24) is 5.09 Å². The first-order valence-corrected chi connectivity index (χ1v) is 19.0. The summed E-state index contributed by atoms with van der Waals surface area (Å²) in [4.78, 5) is 0. The summed E-state index contributed by atoms with van der Waals surface area (Å²) >= 11 is 1.78. The molecular weight excluding hydrogens is 663 g/mol. The minimum absolute atomic E-state index is 0.0491. The number of hydrogen-bond acceptors (Lipinski definition) is 1. The van der Waals surface area contributed by atoms with E-state index < -0.39 is 36.9 Å². The van der Waals surface area contributed by atoms with Gasteiger partial charge in [0.05, 0.1) is 10.6 Å². The number of hydrogen-bond donors (Lipinski definition) is 1. The van der Waals surface area contributed by atoms with Crippen molar-refractivity contribution < 1.29 is 17.6 Å². The molecule has 8 heteroatoms. The van der Waals surface area contributed by atoms with E-state index >= 15 is 8.78 Å². The van der Waals surface area contributed by atoms with Crippen molar-refractivity contribution >= 4 is 46.3 Å². The van der Waals surface area contributed by atoms with Gasteiger partial charge in [-0.2, -0.15) is 0 Å². The first kappa shape index (κ1) is 29.6. The minimum atomic E-state index is -1.94. The second-order valence-corrected chi connectivity index (χ2v) is 16.6. The van der Waals surface area contributed by atoms with Gasteiger partial charge < -0.3 is 0 Å². The fourth-order valence-corrected chi connectivity index (χ4v) is 12.9. The third kappa shape index (κ3) is 6.16. The zero-order valence-electron chi connectivity index (χ0n) is 22.0. The smallest absolute Gasteiger partial charge is 0.135 e. The Bertz CT molecular complexity index is 1400. The highest BCUT2D eigenvalue weighted by atomic mass is 127. The Morgan fingerprint density at radius 3 is 1.88 bits per heavy atom. The van der Waals surface area contributed by atoms with E-state index in [0.717, 1.165) is 43.5 Å². The van der Waals surface area contributed by atoms with E-state index in [0.29, 0.717) is 5.56 Å². The van der Waals surface area contributed by atoms with E-state index in [1.54, 1.807) is 22.0 Å². The molecular formula is C32H30F4INP2. The molecule has 0 aromatic heterocycles. The standard InChI is InChI=1S/C32H30F4INP2/c1-2-3-17-38-40-29(21-11-6-4-7-12-21)20-24(30(40)22-13-8-5-9-14-22)23-18-27(35)32(28(36)19-23)39(37)31-25(33)15-10-16-26(31)34/h4-16,18-19,24,29-30,38H,2-3,17,20H2,1H3/t24?,29-,30+,39?,40?/m0/s1. The summed E-state index contributed by atoms with van der Waals surface area (Å²) in [5.74, 6) is -3.22. The molecule has 1 N–H and O–H groups in total. The summed E-state index contributed by atoms with van der Waals surface area (Å²) in [6.07, 6.45) is 2.87. The van der Waals surface area contributed by atoms with Gasteiger partial charge in [-0.15, -0.1) is 0 Å². The topological polar surface area (TPSA) is 12.0 Å². The minimum Gasteiger partial charge on any atom is -0.295 e. The molecule has 1 heterocycles. The summed E-state index contributed by atoms with van der Waals surface area (Å²) in [5, 5.41) is 3.33. The van der Waals surface area contributed by atoms with Gasteiger partial charge in [0.1, 0.15) is 23.3 Å². The third-order valence-electron chi connectivity index (χ3n) is 7.44. The second kappa shape index (κ2) is 13.4. The molecule has 0 saturated carbocycles. The van der Waals surface area contributed by atoms with Crippen molar-refractivity contribution in [2.75, 3.05) is 6.54 Å². The van der Waals surface area contributed by atoms with Crippen LogP contribution < -0.4 is 15.7 Å². The Balaban J connectivity index is 1.58. The van der Waals surface area contributed by atoms with Gasteiger partial charge >= 0.3 is 0 Å². The Morgan fingerprint density at radius 1 is 0.750 bits per heavy atom. The van der Waals surface area contributed by atoms with Gasteiger partial charge in [0.2, 0.25) is 0 Å². The van der Waals surface area contributed by atoms with Crippen molar-refractivity contribution in [3.05, 3.63) is 131 Å². The van der Waals surface area contributed by atoms with Crippen LogP contribution >= 0.6 is 35.7 Å². The van der Waals surface area contributed by atoms with Crippen LogP contribution in [-0.4, -0.2) is 6.54 Å². The lowest BCUT2D eigenvalue weighted by Crippen LogP contribution is -2.21. The Kier molecular flexibility index (Phi) is 9.94. The van der Waals surface area contributed by atoms with E-state index in [4.69, 9.17) is 0 Å². The molecule has 1 saturated heterocycles. The molecule has 4 aromatic carbocycles. The van der Waals surface area contributed by atoms with Crippen LogP contribution in [0.15, 0.2) is 91.0 Å². The van der Waals surface area contributed by atoms with Gasteiger partial charge in [-0.25, -0.2) is 17.6 Å². The van der Waals surface area contributed by atoms with Gasteiger partial charge in [0, 0.05) is 16.9 Å². The van der Waals surface area contributed by atoms with Crippen LogP contribution in [0.3, 0.4) is 0 Å². The maximum absolute atomic E-state index is 15.8. The number of nitrogens with one attached hydrogen (secondary N) is 1. The number of halogens is 5. The molecule has 40 heavy (non-hydrogen) atoms. The van der Waals surface area contributed by atoms with Crippen LogP contribution in [0.5, 0.6) is 0 Å². The molecule has 1 fully saturated rings. The molecule has 0 amide bonds. The second-order valence-electron chi connectivity index (χ2n) is 9.98. The Hall–Kier alpha value is -1.85. The number of benzene rings is 4. The van der Waals surface area contributed by atoms with Crippen LogP contribution in [0.4, 0.5) is 17.6 Å². The maximum Gasteiger partial charge on any atom is 0.135 e. The predicted molar refractivity (Wildman–Crippen MR) is 168 cm³/mol. The van der Waals surface area contributed by atoms with Crippen molar-refractivity contribution in [3.8, 4) is 0 Å². The first-order valence-electron chi connectivity index (χ1n) is 13.4. The van der Waals surface area contributed by atoms with Crippen LogP contribution in [0.2, 0.25) is 0 Å². The molecule has 1 aliphatic heterocycles. The SMILES string of the molecule is CCCCNP1[C@H](c2ccccc2)C(c2cc(F)c(P(I)c3c(F)cccc3F)c(F)c2)C[C@H]1c1ccccc1. The summed E-state index contributed by atoms with van der Waals surface area (Å²) < 4.78 is 60.6. The number of rotatable bonds is 9. The lowest BCUT2D eigenvalue weighted by molar-refractivity contribution is 0.578. The van der Waals surface area contributed by atoms with Crippen molar-refractivity contribution in [2.24, 2.45) is 0 Å². The lowest BCUT2D eigenvalue weighted by atomic mass is 9.87. The van der Waals surface area contributed by atoms with Gasteiger partial charge in [-0.05, 0) is 96.4 Å². The average molecular weight is 693 g/mol. The molecule has 0 radical (unpaired) electrons. The van der Waals surface area contributed by atoms with Crippen LogP contribution in [-0.2, 0) is 0 Å². The summed E-state index contributed by atoms with van der Waals surface area (Å²) in [7, 11) is -0.775. The zero-order chi connectivity index (χ0) is 28.2. The molecule has 4 aromatic rings. The molecule has 1 aliphatic rings. The van der Waals surface area contributed by atoms with E-state index in [1.807, 2.05) is 36.4 Å². The van der Waals surface area contributed by atoms with E-state index in [2.05, 4.69) is 36.3 Å². The van der Waals surface area contributed by atoms with Gasteiger partial charge in [-0.1, -0.05) is 80.1 Å². The highest BCUT2D eigenvalue weighted by Gasteiger charge is 2.45. The molecule has 1 nitrogen and oxygen atoms in total. The van der Waals surface area contributed by atoms with Crippen molar-refractivity contribution in [1.29, 1.82) is 0 Å². The van der Waals surface area contributed by atoms with Crippen molar-refractivity contribution in [2.45, 2.75) is 43.4 Å². The normalized spacial score (nSPS) is 21.4. The fourth-order valence-electron chi connectivity index (χ4n) is 5.57. The molecule has 5 atom stereocenters. The average Bonchev–Trinajstić information content (AvgIpc) is 3.33. The van der Waals surface area contributed by atoms with Crippen molar-refractivity contribution in [3.63, 3.8) is 0 Å². The Labute approximate surface area is 248 Å². The monoisotopic (exact) mass is 693 g/mol. The lowest BCUT2D eigenvalue weighted by Gasteiger charge is -2.29. The zero-order valence-corrected chi connectivity index (χ0v) is 26.0. The molecule has 0 bridgehead atoms. The van der Waals surface area contributed by atoms with Gasteiger partial charge in [0.25, 0.3) is 0 Å². The van der Waals surface area contributed by atoms with Gasteiger partial charge in [0.15, 0.2) is 0 Å². The highest BCUT2D eigenvalue weighted by Crippen LogP contribution is 2.72. The third-order valence-corrected chi connectivity index (χ3v) is 15.0. The summed E-state index contributed by atoms with van der Waals surface area (Å²) in [6, 6.07) is 26.9. The molecule has 208 valence electrons. The largest absolute Gasteiger partial charge is 0.295 e. The highest BCUT2D eigenvalue weighted by molar-refractivity contribution is 14.2. The van der Waals surface area contributed by atoms with Crippen LogP contribution in [0, 0.1) is 23.3 Å². The van der Waals surface area contributed by atoms with E-state index in [-0.39, 0.29) is 27.8 Å². The van der Waals surface area contributed by atoms with Gasteiger partial charge in [-0.3, -0.25) is 5.09 Å². The summed E-state index contributed by atoms with van der Waals surface area (Å²) in [6.45, 7) is 3.05. The predicted octanol–water partition coefficient (Wildman–Crippen LogP) is 9.78. The maximum atomic E-state index is 15.8. The Morgan fingerprint density at radius 2 is 1.30 bits per heavy atom. The molecule has 5 rings (SSSR count). The van der Waals surface area contributed by atoms with Crippen LogP contribution in [0.1, 0.15) is 60.1 Å². The molecule has 0 spiro atoms.